The molecular formula is C20H25NO3S. The Morgan fingerprint density at radius 1 is 1.28 bits per heavy atom. The molecule has 0 aliphatic heterocycles. The van der Waals surface area contributed by atoms with Gasteiger partial charge < -0.3 is 14.0 Å². The van der Waals surface area contributed by atoms with E-state index in [-0.39, 0.29) is 5.56 Å². The van der Waals surface area contributed by atoms with Crippen LogP contribution in [0.3, 0.4) is 0 Å². The second-order valence-electron chi connectivity index (χ2n) is 6.52. The lowest BCUT2D eigenvalue weighted by Crippen LogP contribution is -2.23. The van der Waals surface area contributed by atoms with Crippen LogP contribution in [0.2, 0.25) is 0 Å². The summed E-state index contributed by atoms with van der Waals surface area (Å²) < 4.78 is 12.9. The highest BCUT2D eigenvalue weighted by Crippen LogP contribution is 2.36. The van der Waals surface area contributed by atoms with Gasteiger partial charge in [0.25, 0.3) is 5.56 Å². The zero-order valence-electron chi connectivity index (χ0n) is 15.1. The van der Waals surface area contributed by atoms with E-state index in [0.717, 1.165) is 29.0 Å². The van der Waals surface area contributed by atoms with E-state index in [1.807, 2.05) is 25.3 Å². The van der Waals surface area contributed by atoms with E-state index in [1.54, 1.807) is 23.4 Å². The molecule has 4 nitrogen and oxygen atoms in total. The predicted molar refractivity (Wildman–Crippen MR) is 103 cm³/mol. The Kier molecular flexibility index (Phi) is 5.86. The Balaban J connectivity index is 2.00. The molecule has 2 aromatic rings. The topological polar surface area (TPSA) is 40.5 Å². The maximum absolute atomic E-state index is 12.4. The van der Waals surface area contributed by atoms with Gasteiger partial charge in [0.2, 0.25) is 0 Å². The molecule has 25 heavy (non-hydrogen) atoms. The van der Waals surface area contributed by atoms with Crippen LogP contribution >= 0.6 is 11.8 Å². The molecule has 1 aliphatic carbocycles. The molecule has 0 unspecified atom stereocenters. The highest BCUT2D eigenvalue weighted by molar-refractivity contribution is 7.98. The molecular weight excluding hydrogens is 334 g/mol. The number of pyridine rings is 1. The van der Waals surface area contributed by atoms with Gasteiger partial charge in [0.1, 0.15) is 5.75 Å². The third kappa shape index (κ3) is 4.47. The van der Waals surface area contributed by atoms with Gasteiger partial charge in [0, 0.05) is 41.4 Å². The van der Waals surface area contributed by atoms with Gasteiger partial charge in [-0.1, -0.05) is 0 Å². The first-order valence-electron chi connectivity index (χ1n) is 8.63. The number of aromatic nitrogens is 1. The van der Waals surface area contributed by atoms with Gasteiger partial charge in [0.05, 0.1) is 13.2 Å². The highest BCUT2D eigenvalue weighted by Gasteiger charge is 2.22. The molecule has 1 aliphatic rings. The fraction of sp³-hybridized carbons (Fsp3) is 0.450. The number of hydrogen-bond acceptors (Lipinski definition) is 4. The molecule has 5 heteroatoms. The van der Waals surface area contributed by atoms with Gasteiger partial charge in [-0.2, -0.15) is 0 Å². The molecule has 0 atom stereocenters. The number of methoxy groups -OCH3 is 1. The van der Waals surface area contributed by atoms with Crippen molar-refractivity contribution in [3.63, 3.8) is 0 Å². The first kappa shape index (κ1) is 18.1. The van der Waals surface area contributed by atoms with Crippen LogP contribution in [0.1, 0.15) is 18.4 Å². The summed E-state index contributed by atoms with van der Waals surface area (Å²) in [5.74, 6) is 1.59. The van der Waals surface area contributed by atoms with Crippen LogP contribution in [-0.2, 0) is 11.3 Å². The SMILES string of the molecule is COCCn1cc(-c2cc(SC)ccc2OCC2CC2)cc(C)c1=O. The Labute approximate surface area is 153 Å². The lowest BCUT2D eigenvalue weighted by atomic mass is 10.0. The average Bonchev–Trinajstić information content (AvgIpc) is 3.45. The van der Waals surface area contributed by atoms with Crippen molar-refractivity contribution in [1.29, 1.82) is 0 Å². The molecule has 1 aromatic heterocycles. The zero-order valence-corrected chi connectivity index (χ0v) is 15.9. The van der Waals surface area contributed by atoms with Crippen molar-refractivity contribution < 1.29 is 9.47 Å². The van der Waals surface area contributed by atoms with E-state index < -0.39 is 0 Å². The van der Waals surface area contributed by atoms with Gasteiger partial charge in [-0.05, 0) is 56.2 Å². The van der Waals surface area contributed by atoms with Crippen molar-refractivity contribution in [2.24, 2.45) is 5.92 Å². The summed E-state index contributed by atoms with van der Waals surface area (Å²) in [4.78, 5) is 13.5. The fourth-order valence-corrected chi connectivity index (χ4v) is 3.21. The van der Waals surface area contributed by atoms with Crippen molar-refractivity contribution in [3.05, 3.63) is 46.4 Å². The maximum Gasteiger partial charge on any atom is 0.253 e. The first-order chi connectivity index (χ1) is 12.1. The molecule has 134 valence electrons. The maximum atomic E-state index is 12.4. The smallest absolute Gasteiger partial charge is 0.253 e. The van der Waals surface area contributed by atoms with Crippen LogP contribution in [0.15, 0.2) is 40.2 Å². The number of ether oxygens (including phenoxy) is 2. The highest BCUT2D eigenvalue weighted by atomic mass is 32.2. The van der Waals surface area contributed by atoms with E-state index >= 15 is 0 Å². The van der Waals surface area contributed by atoms with E-state index in [4.69, 9.17) is 9.47 Å². The summed E-state index contributed by atoms with van der Waals surface area (Å²) in [6.45, 7) is 3.69. The van der Waals surface area contributed by atoms with Crippen LogP contribution in [-0.4, -0.2) is 31.1 Å². The normalized spacial score (nSPS) is 13.9. The van der Waals surface area contributed by atoms with Gasteiger partial charge >= 0.3 is 0 Å². The standard InChI is InChI=1S/C20H25NO3S/c1-14-10-16(12-21(20(14)22)8-9-23-2)18-11-17(25-3)6-7-19(18)24-13-15-4-5-15/h6-7,10-12,15H,4-5,8-9,13H2,1-3H3. The molecule has 0 amide bonds. The summed E-state index contributed by atoms with van der Waals surface area (Å²) in [6.07, 6.45) is 6.50. The molecule has 0 spiro atoms. The second-order valence-corrected chi connectivity index (χ2v) is 7.40. The van der Waals surface area contributed by atoms with Crippen LogP contribution < -0.4 is 10.3 Å². The number of rotatable bonds is 8. The van der Waals surface area contributed by atoms with Crippen molar-refractivity contribution in [2.75, 3.05) is 26.6 Å². The molecule has 1 aromatic carbocycles. The summed E-state index contributed by atoms with van der Waals surface area (Å²) in [5.41, 5.74) is 2.82. The monoisotopic (exact) mass is 359 g/mol. The van der Waals surface area contributed by atoms with Crippen molar-refractivity contribution in [3.8, 4) is 16.9 Å². The first-order valence-corrected chi connectivity index (χ1v) is 9.86. The van der Waals surface area contributed by atoms with Crippen molar-refractivity contribution in [2.45, 2.75) is 31.2 Å². The largest absolute Gasteiger partial charge is 0.493 e. The van der Waals surface area contributed by atoms with Crippen molar-refractivity contribution in [1.82, 2.24) is 4.57 Å². The molecule has 0 bridgehead atoms. The summed E-state index contributed by atoms with van der Waals surface area (Å²) in [5, 5.41) is 0. The van der Waals surface area contributed by atoms with Crippen LogP contribution in [0.5, 0.6) is 5.75 Å². The van der Waals surface area contributed by atoms with E-state index in [9.17, 15) is 4.79 Å². The molecule has 0 saturated heterocycles. The quantitative estimate of drug-likeness (QED) is 0.669. The van der Waals surface area contributed by atoms with E-state index in [2.05, 4.69) is 18.4 Å². The third-order valence-corrected chi connectivity index (χ3v) is 5.20. The van der Waals surface area contributed by atoms with Crippen LogP contribution in [0.25, 0.3) is 11.1 Å². The van der Waals surface area contributed by atoms with Crippen LogP contribution in [0.4, 0.5) is 0 Å². The lowest BCUT2D eigenvalue weighted by Gasteiger charge is -2.15. The Bertz CT molecular complexity index is 796. The Hall–Kier alpha value is -1.72. The lowest BCUT2D eigenvalue weighted by molar-refractivity contribution is 0.186. The number of aryl methyl sites for hydroxylation is 1. The van der Waals surface area contributed by atoms with E-state index in [0.29, 0.717) is 19.1 Å². The number of nitrogens with zero attached hydrogens (tertiary/aromatic N) is 1. The molecule has 1 fully saturated rings. The molecule has 0 radical (unpaired) electrons. The summed E-state index contributed by atoms with van der Waals surface area (Å²) >= 11 is 1.70. The average molecular weight is 359 g/mol. The minimum absolute atomic E-state index is 0.0299. The minimum Gasteiger partial charge on any atom is -0.493 e. The molecule has 1 heterocycles. The molecule has 0 N–H and O–H groups in total. The van der Waals surface area contributed by atoms with E-state index in [1.165, 1.54) is 17.7 Å². The van der Waals surface area contributed by atoms with Gasteiger partial charge in [-0.25, -0.2) is 0 Å². The zero-order chi connectivity index (χ0) is 17.8. The minimum atomic E-state index is 0.0299. The second kappa shape index (κ2) is 8.11. The van der Waals surface area contributed by atoms with Crippen LogP contribution in [0, 0.1) is 12.8 Å². The summed E-state index contributed by atoms with van der Waals surface area (Å²) in [6, 6.07) is 8.23. The van der Waals surface area contributed by atoms with Gasteiger partial charge in [0.15, 0.2) is 0 Å². The fourth-order valence-electron chi connectivity index (χ4n) is 2.77. The predicted octanol–water partition coefficient (Wildman–Crippen LogP) is 3.98. The van der Waals surface area contributed by atoms with Gasteiger partial charge in [-0.15, -0.1) is 11.8 Å². The Morgan fingerprint density at radius 3 is 2.76 bits per heavy atom. The number of hydrogen-bond donors (Lipinski definition) is 0. The van der Waals surface area contributed by atoms with Gasteiger partial charge in [-0.3, -0.25) is 4.79 Å². The number of thioether (sulfide) groups is 1. The molecule has 3 rings (SSSR count). The Morgan fingerprint density at radius 2 is 2.08 bits per heavy atom. The molecule has 1 saturated carbocycles. The summed E-state index contributed by atoms with van der Waals surface area (Å²) in [7, 11) is 1.65. The van der Waals surface area contributed by atoms with Crippen molar-refractivity contribution >= 4 is 11.8 Å². The third-order valence-electron chi connectivity index (χ3n) is 4.47. The number of benzene rings is 1.